The third kappa shape index (κ3) is 3.49. The smallest absolute Gasteiger partial charge is 1.00 e. The molecule has 1 aromatic heterocycles. The summed E-state index contributed by atoms with van der Waals surface area (Å²) in [5.74, 6) is -0.335. The van der Waals surface area contributed by atoms with Crippen LogP contribution >= 0.6 is 0 Å². The maximum atomic E-state index is 11.8. The van der Waals surface area contributed by atoms with E-state index >= 15 is 0 Å². The summed E-state index contributed by atoms with van der Waals surface area (Å²) in [4.78, 5) is 15.8. The Kier molecular flexibility index (Phi) is 5.87. The summed E-state index contributed by atoms with van der Waals surface area (Å²) < 4.78 is 6.84. The van der Waals surface area contributed by atoms with E-state index in [4.69, 9.17) is 4.74 Å². The van der Waals surface area contributed by atoms with E-state index in [1.807, 2.05) is 41.8 Å². The van der Waals surface area contributed by atoms with Crippen molar-refractivity contribution < 1.29 is 29.8 Å². The molecule has 1 atom stereocenters. The zero-order valence-electron chi connectivity index (χ0n) is 12.5. The summed E-state index contributed by atoms with van der Waals surface area (Å²) in [7, 11) is 0. The predicted molar refractivity (Wildman–Crippen MR) is 69.6 cm³/mol. The van der Waals surface area contributed by atoms with Gasteiger partial charge in [0.25, 0.3) is 0 Å². The summed E-state index contributed by atoms with van der Waals surface area (Å²) in [6.07, 6.45) is 3.20. The van der Waals surface area contributed by atoms with Crippen LogP contribution in [0.25, 0.3) is 0 Å². The Hall–Kier alpha value is -1.50. The predicted octanol–water partition coefficient (Wildman–Crippen LogP) is -0.214. The fraction of sp³-hybridized carbons (Fsp3) is 0.286. The summed E-state index contributed by atoms with van der Waals surface area (Å²) in [5, 5.41) is 0. The minimum Gasteiger partial charge on any atom is -1.00 e. The molecule has 19 heavy (non-hydrogen) atoms. The number of nitrogens with zero attached hydrogens (tertiary/aromatic N) is 2. The van der Waals surface area contributed by atoms with Gasteiger partial charge < -0.3 is 10.7 Å². The Morgan fingerprint density at radius 3 is 2.74 bits per heavy atom. The zero-order chi connectivity index (χ0) is 13.0. The van der Waals surface area contributed by atoms with Crippen LogP contribution in [0, 0.1) is 0 Å². The molecule has 0 spiro atoms. The number of carbonyl (C=O) groups is 1. The van der Waals surface area contributed by atoms with E-state index in [2.05, 4.69) is 4.98 Å². The quantitative estimate of drug-likeness (QED) is 0.558. The number of imidazole rings is 1. The number of esters is 1. The molecule has 2 aromatic rings. The second kappa shape index (κ2) is 7.18. The number of carbonyl (C=O) groups excluding carboxylic acids is 1. The molecule has 96 valence electrons. The third-order valence-electron chi connectivity index (χ3n) is 2.85. The number of hydrogen-bond acceptors (Lipinski definition) is 3. The van der Waals surface area contributed by atoms with Gasteiger partial charge in [0, 0.05) is 0 Å². The van der Waals surface area contributed by atoms with Crippen molar-refractivity contribution in [2.45, 2.75) is 19.9 Å². The number of benzene rings is 1. The van der Waals surface area contributed by atoms with Gasteiger partial charge in [-0.05, 0) is 19.4 Å². The van der Waals surface area contributed by atoms with Crippen molar-refractivity contribution in [3.63, 3.8) is 0 Å². The summed E-state index contributed by atoms with van der Waals surface area (Å²) >= 11 is 0. The topological polar surface area (TPSA) is 44.1 Å². The van der Waals surface area contributed by atoms with Gasteiger partial charge >= 0.3 is 24.8 Å². The van der Waals surface area contributed by atoms with Gasteiger partial charge in [-0.15, -0.1) is 0 Å². The first-order chi connectivity index (χ1) is 8.74. The number of ether oxygens (including phenoxy) is 1. The maximum Gasteiger partial charge on any atom is 1.00 e. The van der Waals surface area contributed by atoms with Crippen molar-refractivity contribution in [3.8, 4) is 0 Å². The molecule has 1 aromatic carbocycles. The third-order valence-corrected chi connectivity index (χ3v) is 2.85. The normalized spacial score (nSPS) is 11.5. The molecule has 1 heterocycles. The Labute approximate surface area is 126 Å². The van der Waals surface area contributed by atoms with Crippen LogP contribution in [0.15, 0.2) is 42.9 Å². The molecule has 0 amide bonds. The van der Waals surface area contributed by atoms with Crippen LogP contribution in [0.4, 0.5) is 0 Å². The maximum absolute atomic E-state index is 11.8. The second-order valence-corrected chi connectivity index (χ2v) is 3.99. The first-order valence-corrected chi connectivity index (χ1v) is 5.98. The monoisotopic (exact) mass is 252 g/mol. The van der Waals surface area contributed by atoms with Crippen molar-refractivity contribution in [1.82, 2.24) is 9.55 Å². The van der Waals surface area contributed by atoms with E-state index in [-0.39, 0.29) is 32.3 Å². The fourth-order valence-corrected chi connectivity index (χ4v) is 1.87. The minimum absolute atomic E-state index is 0. The minimum atomic E-state index is -0.335. The van der Waals surface area contributed by atoms with E-state index in [1.165, 1.54) is 6.20 Å². The summed E-state index contributed by atoms with van der Waals surface area (Å²) in [6.45, 7) is 4.18. The number of hydrogen-bond donors (Lipinski definition) is 0. The molecular formula is C14H17LiN2O2. The molecule has 2 rings (SSSR count). The van der Waals surface area contributed by atoms with Crippen molar-refractivity contribution in [2.75, 3.05) is 6.61 Å². The van der Waals surface area contributed by atoms with E-state index in [1.54, 1.807) is 13.3 Å². The molecule has 0 aliphatic rings. The molecule has 4 nitrogen and oxygen atoms in total. The van der Waals surface area contributed by atoms with Crippen molar-refractivity contribution in [1.29, 1.82) is 0 Å². The molecule has 0 bridgehead atoms. The molecule has 0 aliphatic heterocycles. The molecule has 0 saturated carbocycles. The van der Waals surface area contributed by atoms with Gasteiger partial charge in [-0.3, -0.25) is 0 Å². The second-order valence-electron chi connectivity index (χ2n) is 3.99. The largest absolute Gasteiger partial charge is 1.00 e. The first kappa shape index (κ1) is 15.6. The first-order valence-electron chi connectivity index (χ1n) is 5.98. The Bertz CT molecular complexity index is 531. The Balaban J connectivity index is 0.00000180. The number of rotatable bonds is 4. The van der Waals surface area contributed by atoms with Gasteiger partial charge in [0.05, 0.1) is 25.2 Å². The standard InChI is InChI=1S/C14H16N2O2.Li.H/c1-3-18-14(17)13-9-15-10-16(13)11(2)12-7-5-4-6-8-12;;/h4-11H,3H2,1-2H3;;/q;+1;-1. The number of aromatic nitrogens is 2. The molecule has 5 heteroatoms. The van der Waals surface area contributed by atoms with Crippen LogP contribution in [0.1, 0.15) is 37.4 Å². The van der Waals surface area contributed by atoms with Crippen molar-refractivity contribution in [3.05, 3.63) is 54.1 Å². The van der Waals surface area contributed by atoms with Gasteiger partial charge in [-0.1, -0.05) is 30.3 Å². The van der Waals surface area contributed by atoms with Crippen LogP contribution in [0.3, 0.4) is 0 Å². The Morgan fingerprint density at radius 2 is 2.11 bits per heavy atom. The van der Waals surface area contributed by atoms with Gasteiger partial charge in [-0.25, -0.2) is 9.78 Å². The molecule has 0 saturated heterocycles. The van der Waals surface area contributed by atoms with E-state index in [0.717, 1.165) is 5.56 Å². The van der Waals surface area contributed by atoms with Gasteiger partial charge in [0.1, 0.15) is 5.69 Å². The van der Waals surface area contributed by atoms with Crippen LogP contribution in [0.5, 0.6) is 0 Å². The van der Waals surface area contributed by atoms with Crippen molar-refractivity contribution >= 4 is 5.97 Å². The molecule has 1 unspecified atom stereocenters. The zero-order valence-corrected chi connectivity index (χ0v) is 11.5. The van der Waals surface area contributed by atoms with Gasteiger partial charge in [0.2, 0.25) is 0 Å². The van der Waals surface area contributed by atoms with E-state index in [0.29, 0.717) is 12.3 Å². The molecule has 0 radical (unpaired) electrons. The van der Waals surface area contributed by atoms with E-state index < -0.39 is 0 Å². The van der Waals surface area contributed by atoms with E-state index in [9.17, 15) is 4.79 Å². The Morgan fingerprint density at radius 1 is 1.42 bits per heavy atom. The van der Waals surface area contributed by atoms with Gasteiger partial charge in [-0.2, -0.15) is 0 Å². The molecule has 0 fully saturated rings. The molecule has 0 N–H and O–H groups in total. The molecule has 0 aliphatic carbocycles. The molecular weight excluding hydrogens is 235 g/mol. The SMILES string of the molecule is CCOC(=O)c1cncn1C(C)c1ccccc1.[H-].[Li+]. The van der Waals surface area contributed by atoms with Crippen LogP contribution in [-0.4, -0.2) is 22.1 Å². The summed E-state index contributed by atoms with van der Waals surface area (Å²) in [5.41, 5.74) is 1.61. The van der Waals surface area contributed by atoms with Crippen LogP contribution in [-0.2, 0) is 4.74 Å². The van der Waals surface area contributed by atoms with Crippen LogP contribution < -0.4 is 18.9 Å². The fourth-order valence-electron chi connectivity index (χ4n) is 1.87. The van der Waals surface area contributed by atoms with Gasteiger partial charge in [0.15, 0.2) is 0 Å². The average Bonchev–Trinajstić information content (AvgIpc) is 2.88. The average molecular weight is 252 g/mol. The van der Waals surface area contributed by atoms with Crippen LogP contribution in [0.2, 0.25) is 0 Å². The van der Waals surface area contributed by atoms with Crippen molar-refractivity contribution in [2.24, 2.45) is 0 Å². The summed E-state index contributed by atoms with van der Waals surface area (Å²) in [6, 6.07) is 10.0.